The lowest BCUT2D eigenvalue weighted by Gasteiger charge is -2.18. The second-order valence-corrected chi connectivity index (χ2v) is 17.9. The number of unbranched alkanes of at least 4 members (excludes halogenated alkanes) is 27. The van der Waals surface area contributed by atoms with Crippen LogP contribution in [0.2, 0.25) is 0 Å². The molecule has 0 aromatic heterocycles. The van der Waals surface area contributed by atoms with Gasteiger partial charge in [-0.2, -0.15) is 0 Å². The van der Waals surface area contributed by atoms with Crippen LogP contribution >= 0.6 is 0 Å². The Morgan fingerprint density at radius 2 is 0.569 bits per heavy atom. The maximum Gasteiger partial charge on any atom is 0.306 e. The second kappa shape index (κ2) is 53.2. The zero-order valence-electron chi connectivity index (χ0n) is 42.5. The molecule has 0 saturated heterocycles. The number of carbonyl (C=O) groups excluding carboxylic acids is 3. The zero-order valence-corrected chi connectivity index (χ0v) is 42.5. The van der Waals surface area contributed by atoms with Gasteiger partial charge in [-0.15, -0.1) is 0 Å². The van der Waals surface area contributed by atoms with E-state index in [9.17, 15) is 14.4 Å². The summed E-state index contributed by atoms with van der Waals surface area (Å²) in [4.78, 5) is 38.0. The minimum atomic E-state index is -0.804. The Morgan fingerprint density at radius 3 is 0.923 bits per heavy atom. The SMILES string of the molecule is CCCC/C=C\C=C/CCCCCC(=O)OCC(COC(=O)CCCCCCC\C=C/C=C\C=C/CCCCCCC)OC(=O)CCCCCCC/C=C\C=C/CCCCCCCCC. The molecule has 0 heterocycles. The highest BCUT2D eigenvalue weighted by Crippen LogP contribution is 2.13. The first-order chi connectivity index (χ1) is 32.0. The van der Waals surface area contributed by atoms with Crippen LogP contribution in [0.25, 0.3) is 0 Å². The monoisotopic (exact) mass is 905 g/mol. The Hall–Kier alpha value is -3.41. The highest BCUT2D eigenvalue weighted by Gasteiger charge is 2.19. The Labute approximate surface area is 401 Å². The molecule has 0 fully saturated rings. The van der Waals surface area contributed by atoms with E-state index in [1.54, 1.807) is 0 Å². The first kappa shape index (κ1) is 61.6. The smallest absolute Gasteiger partial charge is 0.306 e. The lowest BCUT2D eigenvalue weighted by atomic mass is 10.1. The summed E-state index contributed by atoms with van der Waals surface area (Å²) in [6.07, 6.45) is 68.5. The third-order valence-corrected chi connectivity index (χ3v) is 11.5. The molecule has 0 radical (unpaired) electrons. The van der Waals surface area contributed by atoms with Gasteiger partial charge in [-0.25, -0.2) is 0 Å². The molecule has 0 aromatic rings. The van der Waals surface area contributed by atoms with E-state index in [2.05, 4.69) is 106 Å². The van der Waals surface area contributed by atoms with Gasteiger partial charge in [0.15, 0.2) is 6.10 Å². The Balaban J connectivity index is 4.46. The van der Waals surface area contributed by atoms with Gasteiger partial charge in [0.05, 0.1) is 0 Å². The third kappa shape index (κ3) is 51.4. The minimum absolute atomic E-state index is 0.103. The number of allylic oxidation sites excluding steroid dienone is 14. The molecule has 65 heavy (non-hydrogen) atoms. The second-order valence-electron chi connectivity index (χ2n) is 17.9. The van der Waals surface area contributed by atoms with Crippen LogP contribution in [0.3, 0.4) is 0 Å². The molecule has 0 rings (SSSR count). The van der Waals surface area contributed by atoms with Crippen molar-refractivity contribution in [2.75, 3.05) is 13.2 Å². The molecule has 0 aliphatic heterocycles. The molecule has 0 aromatic carbocycles. The van der Waals surface area contributed by atoms with Crippen LogP contribution in [0, 0.1) is 0 Å². The predicted octanol–water partition coefficient (Wildman–Crippen LogP) is 18.0. The molecular weight excluding hydrogens is 805 g/mol. The van der Waals surface area contributed by atoms with Gasteiger partial charge in [0.25, 0.3) is 0 Å². The molecule has 0 amide bonds. The largest absolute Gasteiger partial charge is 0.462 e. The molecule has 0 aliphatic rings. The molecule has 1 atom stereocenters. The maximum absolute atomic E-state index is 12.8. The predicted molar refractivity (Wildman–Crippen MR) is 279 cm³/mol. The van der Waals surface area contributed by atoms with Crippen molar-refractivity contribution in [3.05, 3.63) is 85.1 Å². The average molecular weight is 905 g/mol. The normalized spacial score (nSPS) is 12.7. The van der Waals surface area contributed by atoms with Crippen LogP contribution in [0.5, 0.6) is 0 Å². The van der Waals surface area contributed by atoms with Crippen molar-refractivity contribution in [3.8, 4) is 0 Å². The number of carbonyl (C=O) groups is 3. The van der Waals surface area contributed by atoms with E-state index in [0.717, 1.165) is 116 Å². The van der Waals surface area contributed by atoms with Crippen molar-refractivity contribution in [1.82, 2.24) is 0 Å². The highest BCUT2D eigenvalue weighted by atomic mass is 16.6. The van der Waals surface area contributed by atoms with Crippen LogP contribution in [0.1, 0.15) is 252 Å². The fourth-order valence-electron chi connectivity index (χ4n) is 7.29. The zero-order chi connectivity index (χ0) is 47.2. The van der Waals surface area contributed by atoms with Gasteiger partial charge in [-0.05, 0) is 89.9 Å². The van der Waals surface area contributed by atoms with E-state index >= 15 is 0 Å². The molecule has 0 N–H and O–H groups in total. The first-order valence-corrected chi connectivity index (χ1v) is 27.2. The summed E-state index contributed by atoms with van der Waals surface area (Å²) >= 11 is 0. The summed E-state index contributed by atoms with van der Waals surface area (Å²) in [5.41, 5.74) is 0. The molecule has 0 spiro atoms. The van der Waals surface area contributed by atoms with Gasteiger partial charge in [0.2, 0.25) is 0 Å². The molecular formula is C59H100O6. The number of esters is 3. The van der Waals surface area contributed by atoms with Crippen LogP contribution in [0.4, 0.5) is 0 Å². The van der Waals surface area contributed by atoms with E-state index in [4.69, 9.17) is 14.2 Å². The van der Waals surface area contributed by atoms with Crippen molar-refractivity contribution in [2.24, 2.45) is 0 Å². The van der Waals surface area contributed by atoms with Crippen molar-refractivity contribution >= 4 is 17.9 Å². The lowest BCUT2D eigenvalue weighted by molar-refractivity contribution is -0.167. The van der Waals surface area contributed by atoms with Crippen molar-refractivity contribution in [1.29, 1.82) is 0 Å². The number of rotatable bonds is 48. The maximum atomic E-state index is 12.8. The molecule has 0 saturated carbocycles. The quantitative estimate of drug-likeness (QED) is 0.0262. The highest BCUT2D eigenvalue weighted by molar-refractivity contribution is 5.71. The summed E-state index contributed by atoms with van der Waals surface area (Å²) in [7, 11) is 0. The van der Waals surface area contributed by atoms with Gasteiger partial charge in [-0.3, -0.25) is 14.4 Å². The minimum Gasteiger partial charge on any atom is -0.462 e. The fourth-order valence-corrected chi connectivity index (χ4v) is 7.29. The van der Waals surface area contributed by atoms with Crippen molar-refractivity contribution < 1.29 is 28.6 Å². The summed E-state index contributed by atoms with van der Waals surface area (Å²) in [6.45, 7) is 6.51. The summed E-state index contributed by atoms with van der Waals surface area (Å²) in [6, 6.07) is 0. The van der Waals surface area contributed by atoms with Gasteiger partial charge in [0.1, 0.15) is 13.2 Å². The molecule has 1 unspecified atom stereocenters. The lowest BCUT2D eigenvalue weighted by Crippen LogP contribution is -2.30. The third-order valence-electron chi connectivity index (χ3n) is 11.5. The van der Waals surface area contributed by atoms with E-state index in [1.807, 2.05) is 0 Å². The fraction of sp³-hybridized carbons (Fsp3) is 0.712. The average Bonchev–Trinajstić information content (AvgIpc) is 3.30. The van der Waals surface area contributed by atoms with Crippen LogP contribution in [-0.2, 0) is 28.6 Å². The van der Waals surface area contributed by atoms with Gasteiger partial charge < -0.3 is 14.2 Å². The van der Waals surface area contributed by atoms with Gasteiger partial charge >= 0.3 is 17.9 Å². The number of hydrogen-bond acceptors (Lipinski definition) is 6. The molecule has 6 nitrogen and oxygen atoms in total. The van der Waals surface area contributed by atoms with E-state index in [1.165, 1.54) is 96.3 Å². The molecule has 0 bridgehead atoms. The summed E-state index contributed by atoms with van der Waals surface area (Å²) in [5, 5.41) is 0. The van der Waals surface area contributed by atoms with Crippen LogP contribution in [-0.4, -0.2) is 37.2 Å². The number of ether oxygens (including phenoxy) is 3. The summed E-state index contributed by atoms with van der Waals surface area (Å²) in [5.74, 6) is -0.964. The topological polar surface area (TPSA) is 78.9 Å². The van der Waals surface area contributed by atoms with Crippen molar-refractivity contribution in [3.63, 3.8) is 0 Å². The van der Waals surface area contributed by atoms with Crippen LogP contribution in [0.15, 0.2) is 85.1 Å². The van der Waals surface area contributed by atoms with Crippen LogP contribution < -0.4 is 0 Å². The van der Waals surface area contributed by atoms with Gasteiger partial charge in [0, 0.05) is 19.3 Å². The van der Waals surface area contributed by atoms with E-state index in [-0.39, 0.29) is 31.1 Å². The molecule has 6 heteroatoms. The Bertz CT molecular complexity index is 1270. The Kier molecular flexibility index (Phi) is 50.4. The molecule has 372 valence electrons. The molecule has 0 aliphatic carbocycles. The Morgan fingerprint density at radius 1 is 0.308 bits per heavy atom. The number of hydrogen-bond donors (Lipinski definition) is 0. The first-order valence-electron chi connectivity index (χ1n) is 27.2. The van der Waals surface area contributed by atoms with E-state index in [0.29, 0.717) is 19.3 Å². The van der Waals surface area contributed by atoms with E-state index < -0.39 is 6.10 Å². The summed E-state index contributed by atoms with van der Waals surface area (Å²) < 4.78 is 16.8. The standard InChI is InChI=1S/C59H100O6/c1-4-7-10-13-16-19-22-24-26-28-30-32-34-37-40-43-46-49-52-58(61)64-55-56(54-63-57(60)51-48-45-42-39-36-21-18-15-12-9-6-3)65-59(62)53-50-47-44-41-38-35-33-31-29-27-25-23-20-17-14-11-8-5-2/h15,18,21-22,24,26-33,36,56H,4-14,16-17,19-20,23,25,34-35,37-55H2,1-3H3/b18-15-,24-22-,28-26-,29-27-,32-30-,33-31-,36-21-. The van der Waals surface area contributed by atoms with Gasteiger partial charge in [-0.1, -0.05) is 228 Å². The van der Waals surface area contributed by atoms with Crippen molar-refractivity contribution in [2.45, 2.75) is 258 Å².